The van der Waals surface area contributed by atoms with Crippen LogP contribution in [0.25, 0.3) is 0 Å². The summed E-state index contributed by atoms with van der Waals surface area (Å²) in [4.78, 5) is 14.2. The molecular weight excluding hydrogens is 352 g/mol. The molecule has 2 aromatic rings. The Morgan fingerprint density at radius 2 is 1.93 bits per heavy atom. The minimum atomic E-state index is -2.61. The van der Waals surface area contributed by atoms with E-state index in [0.29, 0.717) is 37.7 Å². The third kappa shape index (κ3) is 4.46. The summed E-state index contributed by atoms with van der Waals surface area (Å²) in [6.45, 7) is 5.53. The maximum Gasteiger partial charge on any atom is 0.272 e. The highest BCUT2D eigenvalue weighted by Crippen LogP contribution is 2.49. The van der Waals surface area contributed by atoms with Crippen LogP contribution in [-0.2, 0) is 13.2 Å². The first kappa shape index (κ1) is 19.3. The molecule has 1 saturated carbocycles. The van der Waals surface area contributed by atoms with Gasteiger partial charge in [-0.15, -0.1) is 5.10 Å². The summed E-state index contributed by atoms with van der Waals surface area (Å²) in [6, 6.07) is 11.3. The number of aryl methyl sites for hydroxylation is 1. The van der Waals surface area contributed by atoms with Gasteiger partial charge in [-0.3, -0.25) is 9.48 Å². The van der Waals surface area contributed by atoms with Crippen molar-refractivity contribution in [3.8, 4) is 5.88 Å². The molecule has 1 amide bonds. The fourth-order valence-electron chi connectivity index (χ4n) is 3.12. The van der Waals surface area contributed by atoms with Gasteiger partial charge in [0.25, 0.3) is 11.8 Å². The van der Waals surface area contributed by atoms with Crippen LogP contribution in [0, 0.1) is 5.92 Å². The van der Waals surface area contributed by atoms with Crippen molar-refractivity contribution < 1.29 is 18.3 Å². The number of nitrogens with zero attached hydrogens (tertiary/aromatic N) is 3. The van der Waals surface area contributed by atoms with Crippen molar-refractivity contribution in [2.75, 3.05) is 13.1 Å². The SMILES string of the molecule is CC.O=C1c2cc(OCc3ccccc3)nn2CCCN1CC1CC1(F)F. The summed E-state index contributed by atoms with van der Waals surface area (Å²) in [6.07, 6.45) is 0.568. The zero-order chi connectivity index (χ0) is 19.4. The van der Waals surface area contributed by atoms with Gasteiger partial charge in [0.15, 0.2) is 0 Å². The van der Waals surface area contributed by atoms with Crippen molar-refractivity contribution in [1.29, 1.82) is 0 Å². The molecular formula is C20H25F2N3O2. The van der Waals surface area contributed by atoms with Crippen LogP contribution in [0.1, 0.15) is 42.7 Å². The summed E-state index contributed by atoms with van der Waals surface area (Å²) in [5.74, 6) is -3.19. The predicted octanol–water partition coefficient (Wildman–Crippen LogP) is 3.99. The van der Waals surface area contributed by atoms with Crippen LogP contribution in [0.2, 0.25) is 0 Å². The van der Waals surface area contributed by atoms with E-state index >= 15 is 0 Å². The van der Waals surface area contributed by atoms with Crippen LogP contribution in [0.4, 0.5) is 8.78 Å². The smallest absolute Gasteiger partial charge is 0.272 e. The summed E-state index contributed by atoms with van der Waals surface area (Å²) < 4.78 is 33.6. The van der Waals surface area contributed by atoms with Gasteiger partial charge in [0.1, 0.15) is 12.3 Å². The third-order valence-electron chi connectivity index (χ3n) is 4.69. The molecule has 0 spiro atoms. The first-order valence-corrected chi connectivity index (χ1v) is 9.44. The molecule has 2 heterocycles. The average molecular weight is 377 g/mol. The summed E-state index contributed by atoms with van der Waals surface area (Å²) in [7, 11) is 0. The minimum Gasteiger partial charge on any atom is -0.472 e. The van der Waals surface area contributed by atoms with Crippen LogP contribution in [-0.4, -0.2) is 39.6 Å². The molecule has 1 fully saturated rings. The Kier molecular flexibility index (Phi) is 5.77. The van der Waals surface area contributed by atoms with E-state index in [-0.39, 0.29) is 18.9 Å². The Bertz CT molecular complexity index is 777. The van der Waals surface area contributed by atoms with Crippen LogP contribution in [0.3, 0.4) is 0 Å². The van der Waals surface area contributed by atoms with Gasteiger partial charge in [0, 0.05) is 38.0 Å². The molecule has 0 saturated heterocycles. The van der Waals surface area contributed by atoms with E-state index in [1.807, 2.05) is 44.2 Å². The van der Waals surface area contributed by atoms with Gasteiger partial charge >= 0.3 is 0 Å². The molecule has 146 valence electrons. The quantitative estimate of drug-likeness (QED) is 0.792. The highest BCUT2D eigenvalue weighted by atomic mass is 19.3. The number of halogens is 2. The summed E-state index contributed by atoms with van der Waals surface area (Å²) in [5, 5.41) is 4.33. The van der Waals surface area contributed by atoms with E-state index in [9.17, 15) is 13.6 Å². The Labute approximate surface area is 157 Å². The van der Waals surface area contributed by atoms with Crippen molar-refractivity contribution in [3.63, 3.8) is 0 Å². The number of rotatable bonds is 5. The Hall–Kier alpha value is -2.44. The lowest BCUT2D eigenvalue weighted by molar-refractivity contribution is 0.0660. The largest absolute Gasteiger partial charge is 0.472 e. The summed E-state index contributed by atoms with van der Waals surface area (Å²) in [5.41, 5.74) is 1.42. The average Bonchev–Trinajstić information content (AvgIpc) is 3.13. The monoisotopic (exact) mass is 377 g/mol. The molecule has 1 unspecified atom stereocenters. The normalized spacial score (nSPS) is 20.2. The van der Waals surface area contributed by atoms with Crippen molar-refractivity contribution in [2.45, 2.75) is 45.8 Å². The van der Waals surface area contributed by atoms with Crippen LogP contribution in [0.15, 0.2) is 36.4 Å². The van der Waals surface area contributed by atoms with Gasteiger partial charge < -0.3 is 9.64 Å². The van der Waals surface area contributed by atoms with Gasteiger partial charge in [-0.25, -0.2) is 8.78 Å². The lowest BCUT2D eigenvalue weighted by atomic mass is 10.2. The van der Waals surface area contributed by atoms with Crippen LogP contribution < -0.4 is 4.74 Å². The second-order valence-corrected chi connectivity index (χ2v) is 6.63. The van der Waals surface area contributed by atoms with Crippen molar-refractivity contribution in [2.24, 2.45) is 5.92 Å². The van der Waals surface area contributed by atoms with Gasteiger partial charge in [0.05, 0.1) is 0 Å². The molecule has 1 aliphatic carbocycles. The predicted molar refractivity (Wildman–Crippen MR) is 97.9 cm³/mol. The number of hydrogen-bond acceptors (Lipinski definition) is 3. The molecule has 7 heteroatoms. The second kappa shape index (κ2) is 8.06. The van der Waals surface area contributed by atoms with E-state index in [2.05, 4.69) is 5.10 Å². The van der Waals surface area contributed by atoms with Crippen LogP contribution >= 0.6 is 0 Å². The van der Waals surface area contributed by atoms with E-state index < -0.39 is 11.8 Å². The molecule has 1 atom stereocenters. The highest BCUT2D eigenvalue weighted by Gasteiger charge is 2.57. The number of ether oxygens (including phenoxy) is 1. The maximum absolute atomic E-state index is 13.2. The molecule has 0 N–H and O–H groups in total. The number of hydrogen-bond donors (Lipinski definition) is 0. The molecule has 1 aromatic heterocycles. The lowest BCUT2D eigenvalue weighted by Gasteiger charge is -2.19. The molecule has 1 aliphatic heterocycles. The zero-order valence-electron chi connectivity index (χ0n) is 15.7. The van der Waals surface area contributed by atoms with E-state index in [1.54, 1.807) is 10.7 Å². The molecule has 2 aliphatic rings. The molecule has 27 heavy (non-hydrogen) atoms. The highest BCUT2D eigenvalue weighted by molar-refractivity contribution is 5.93. The zero-order valence-corrected chi connectivity index (χ0v) is 15.7. The number of carbonyl (C=O) groups is 1. The summed E-state index contributed by atoms with van der Waals surface area (Å²) >= 11 is 0. The van der Waals surface area contributed by atoms with Crippen molar-refractivity contribution in [3.05, 3.63) is 47.7 Å². The Morgan fingerprint density at radius 3 is 2.59 bits per heavy atom. The number of aromatic nitrogens is 2. The fourth-order valence-corrected chi connectivity index (χ4v) is 3.12. The van der Waals surface area contributed by atoms with E-state index in [0.717, 1.165) is 5.56 Å². The van der Waals surface area contributed by atoms with Gasteiger partial charge in [-0.1, -0.05) is 44.2 Å². The molecule has 5 nitrogen and oxygen atoms in total. The third-order valence-corrected chi connectivity index (χ3v) is 4.69. The number of fused-ring (bicyclic) bond motifs is 1. The molecule has 4 rings (SSSR count). The fraction of sp³-hybridized carbons (Fsp3) is 0.500. The molecule has 0 bridgehead atoms. The van der Waals surface area contributed by atoms with Crippen molar-refractivity contribution in [1.82, 2.24) is 14.7 Å². The minimum absolute atomic E-state index is 0.108. The number of benzene rings is 1. The molecule has 1 aromatic carbocycles. The van der Waals surface area contributed by atoms with E-state index in [4.69, 9.17) is 4.74 Å². The second-order valence-electron chi connectivity index (χ2n) is 6.63. The van der Waals surface area contributed by atoms with E-state index in [1.165, 1.54) is 4.90 Å². The maximum atomic E-state index is 13.2. The first-order chi connectivity index (χ1) is 13.0. The van der Waals surface area contributed by atoms with Gasteiger partial charge in [-0.05, 0) is 12.0 Å². The van der Waals surface area contributed by atoms with Gasteiger partial charge in [0.2, 0.25) is 5.88 Å². The topological polar surface area (TPSA) is 47.4 Å². The van der Waals surface area contributed by atoms with Crippen LogP contribution in [0.5, 0.6) is 5.88 Å². The standard InChI is InChI=1S/C18H19F2N3O2.C2H6/c19-18(20)10-14(18)11-22-7-4-8-23-15(17(22)24)9-16(21-23)25-12-13-5-2-1-3-6-13;1-2/h1-3,5-6,9,14H,4,7-8,10-12H2;1-2H3. The first-order valence-electron chi connectivity index (χ1n) is 9.44. The number of amides is 1. The number of carbonyl (C=O) groups excluding carboxylic acids is 1. The Morgan fingerprint density at radius 1 is 1.22 bits per heavy atom. The Balaban J connectivity index is 0.00000102. The molecule has 0 radical (unpaired) electrons. The number of alkyl halides is 2. The lowest BCUT2D eigenvalue weighted by Crippen LogP contribution is -2.33. The van der Waals surface area contributed by atoms with Gasteiger partial charge in [-0.2, -0.15) is 0 Å². The van der Waals surface area contributed by atoms with Crippen molar-refractivity contribution >= 4 is 5.91 Å².